The van der Waals surface area contributed by atoms with Crippen molar-refractivity contribution >= 4 is 17.6 Å². The number of hydrogen-bond donors (Lipinski definition) is 0. The zero-order valence-electron chi connectivity index (χ0n) is 8.23. The van der Waals surface area contributed by atoms with Gasteiger partial charge in [0.15, 0.2) is 0 Å². The molecule has 66 valence electrons. The molecule has 0 spiro atoms. The van der Waals surface area contributed by atoms with Crippen molar-refractivity contribution in [1.82, 2.24) is 0 Å². The Kier molecular flexibility index (Phi) is 8.83. The molecular formula is C9H21BS. The van der Waals surface area contributed by atoms with Gasteiger partial charge in [-0.25, -0.2) is 11.6 Å². The summed E-state index contributed by atoms with van der Waals surface area (Å²) in [6.45, 7) is 6.84. The maximum atomic E-state index is 2.29. The Balaban J connectivity index is 3.34. The van der Waals surface area contributed by atoms with Gasteiger partial charge in [-0.3, -0.25) is 0 Å². The van der Waals surface area contributed by atoms with Gasteiger partial charge < -0.3 is 0 Å². The molecule has 0 N–H and O–H groups in total. The lowest BCUT2D eigenvalue weighted by Gasteiger charge is -2.09. The van der Waals surface area contributed by atoms with Crippen LogP contribution in [-0.4, -0.2) is 11.7 Å². The van der Waals surface area contributed by atoms with Crippen LogP contribution in [0, 0.1) is 0 Å². The van der Waals surface area contributed by atoms with Gasteiger partial charge in [-0.15, -0.1) is 0 Å². The van der Waals surface area contributed by atoms with Gasteiger partial charge in [-0.1, -0.05) is 46.3 Å². The zero-order chi connectivity index (χ0) is 8.53. The molecule has 0 nitrogen and oxygen atoms in total. The van der Waals surface area contributed by atoms with E-state index in [-0.39, 0.29) is 0 Å². The van der Waals surface area contributed by atoms with Gasteiger partial charge in [0.1, 0.15) is 0 Å². The van der Waals surface area contributed by atoms with Crippen LogP contribution in [0.4, 0.5) is 0 Å². The summed E-state index contributed by atoms with van der Waals surface area (Å²) in [5.74, 6) is 2.30. The van der Waals surface area contributed by atoms with Crippen LogP contribution < -0.4 is 0 Å². The highest BCUT2D eigenvalue weighted by atomic mass is 32.2. The van der Waals surface area contributed by atoms with Crippen molar-refractivity contribution in [2.24, 2.45) is 0 Å². The van der Waals surface area contributed by atoms with E-state index in [0.29, 0.717) is 0 Å². The monoisotopic (exact) mass is 172 g/mol. The number of rotatable bonds is 7. The van der Waals surface area contributed by atoms with Gasteiger partial charge in [-0.05, 0) is 12.2 Å². The summed E-state index contributed by atoms with van der Waals surface area (Å²) in [5.41, 5.74) is 0. The molecule has 0 atom stereocenters. The average Bonchev–Trinajstić information content (AvgIpc) is 2.01. The van der Waals surface area contributed by atoms with Crippen molar-refractivity contribution in [3.05, 3.63) is 0 Å². The van der Waals surface area contributed by atoms with E-state index in [9.17, 15) is 0 Å². The lowest BCUT2D eigenvalue weighted by atomic mass is 9.67. The van der Waals surface area contributed by atoms with Crippen molar-refractivity contribution < 1.29 is 0 Å². The second kappa shape index (κ2) is 8.51. The Labute approximate surface area is 76.5 Å². The predicted molar refractivity (Wildman–Crippen MR) is 58.7 cm³/mol. The SMILES string of the molecule is CCCSB(CCC)CCC. The van der Waals surface area contributed by atoms with Gasteiger partial charge in [0.25, 0.3) is 0 Å². The molecule has 0 unspecified atom stereocenters. The van der Waals surface area contributed by atoms with E-state index in [2.05, 4.69) is 32.4 Å². The molecular weight excluding hydrogens is 151 g/mol. The molecule has 11 heavy (non-hydrogen) atoms. The Hall–Kier alpha value is 0.415. The molecule has 0 bridgehead atoms. The molecule has 0 aliphatic rings. The molecule has 0 amide bonds. The predicted octanol–water partition coefficient (Wildman–Crippen LogP) is 3.94. The first-order valence-corrected chi connectivity index (χ1v) is 6.01. The molecule has 0 radical (unpaired) electrons. The van der Waals surface area contributed by atoms with E-state index in [1.165, 1.54) is 37.7 Å². The van der Waals surface area contributed by atoms with E-state index in [0.717, 1.165) is 5.99 Å². The number of hydrogen-bond acceptors (Lipinski definition) is 1. The van der Waals surface area contributed by atoms with Crippen LogP contribution in [0.2, 0.25) is 12.6 Å². The van der Waals surface area contributed by atoms with Crippen molar-refractivity contribution in [2.75, 3.05) is 5.75 Å². The lowest BCUT2D eigenvalue weighted by molar-refractivity contribution is 1.02. The highest BCUT2D eigenvalue weighted by Gasteiger charge is 2.10. The fourth-order valence-electron chi connectivity index (χ4n) is 1.24. The van der Waals surface area contributed by atoms with Gasteiger partial charge in [0.05, 0.1) is 0 Å². The van der Waals surface area contributed by atoms with Crippen LogP contribution >= 0.6 is 11.6 Å². The minimum atomic E-state index is 0.949. The zero-order valence-corrected chi connectivity index (χ0v) is 9.04. The normalized spacial score (nSPS) is 10.1. The Morgan fingerprint density at radius 2 is 1.45 bits per heavy atom. The Bertz CT molecular complexity index is 70.0. The van der Waals surface area contributed by atoms with Gasteiger partial charge in [-0.2, -0.15) is 0 Å². The molecule has 0 saturated heterocycles. The molecule has 0 heterocycles. The van der Waals surface area contributed by atoms with E-state index in [1.54, 1.807) is 0 Å². The van der Waals surface area contributed by atoms with E-state index in [4.69, 9.17) is 0 Å². The van der Waals surface area contributed by atoms with Crippen molar-refractivity contribution in [1.29, 1.82) is 0 Å². The van der Waals surface area contributed by atoms with E-state index in [1.807, 2.05) is 0 Å². The first-order valence-electron chi connectivity index (χ1n) is 4.96. The van der Waals surface area contributed by atoms with E-state index < -0.39 is 0 Å². The average molecular weight is 172 g/mol. The molecule has 0 aliphatic carbocycles. The second-order valence-electron chi connectivity index (χ2n) is 3.07. The van der Waals surface area contributed by atoms with Gasteiger partial charge in [0.2, 0.25) is 5.99 Å². The fraction of sp³-hybridized carbons (Fsp3) is 1.00. The van der Waals surface area contributed by atoms with Crippen molar-refractivity contribution in [3.8, 4) is 0 Å². The topological polar surface area (TPSA) is 0 Å². The minimum Gasteiger partial charge on any atom is -0.210 e. The third kappa shape index (κ3) is 6.80. The van der Waals surface area contributed by atoms with Crippen LogP contribution in [0.1, 0.15) is 40.0 Å². The molecule has 0 aliphatic heterocycles. The van der Waals surface area contributed by atoms with Crippen LogP contribution in [0.5, 0.6) is 0 Å². The highest BCUT2D eigenvalue weighted by Crippen LogP contribution is 2.19. The first-order chi connectivity index (χ1) is 5.35. The minimum absolute atomic E-state index is 0.949. The summed E-state index contributed by atoms with van der Waals surface area (Å²) in [5, 5.41) is 0. The maximum absolute atomic E-state index is 2.29. The lowest BCUT2D eigenvalue weighted by Crippen LogP contribution is -2.06. The standard InChI is InChI=1S/C9H21BS/c1-4-7-10(8-5-2)11-9-6-3/h4-9H2,1-3H3. The summed E-state index contributed by atoms with van der Waals surface area (Å²) in [7, 11) is 0. The van der Waals surface area contributed by atoms with E-state index >= 15 is 0 Å². The van der Waals surface area contributed by atoms with Crippen LogP contribution in [0.25, 0.3) is 0 Å². The largest absolute Gasteiger partial charge is 0.210 e. The van der Waals surface area contributed by atoms with Crippen molar-refractivity contribution in [3.63, 3.8) is 0 Å². The molecule has 2 heteroatoms. The van der Waals surface area contributed by atoms with Crippen LogP contribution in [0.3, 0.4) is 0 Å². The van der Waals surface area contributed by atoms with Gasteiger partial charge >= 0.3 is 0 Å². The molecule has 0 aromatic rings. The molecule has 0 rings (SSSR count). The van der Waals surface area contributed by atoms with Crippen LogP contribution in [-0.2, 0) is 0 Å². The summed E-state index contributed by atoms with van der Waals surface area (Å²) >= 11 is 2.17. The Morgan fingerprint density at radius 3 is 1.82 bits per heavy atom. The highest BCUT2D eigenvalue weighted by molar-refractivity contribution is 8.25. The Morgan fingerprint density at radius 1 is 0.909 bits per heavy atom. The van der Waals surface area contributed by atoms with Crippen LogP contribution in [0.15, 0.2) is 0 Å². The molecule has 0 saturated carbocycles. The molecule has 0 aromatic carbocycles. The summed E-state index contributed by atoms with van der Waals surface area (Å²) in [4.78, 5) is 0. The fourth-order valence-corrected chi connectivity index (χ4v) is 2.61. The second-order valence-corrected chi connectivity index (χ2v) is 4.48. The third-order valence-corrected chi connectivity index (χ3v) is 3.37. The third-order valence-electron chi connectivity index (χ3n) is 1.78. The smallest absolute Gasteiger partial charge is 0.209 e. The summed E-state index contributed by atoms with van der Waals surface area (Å²) in [6.07, 6.45) is 6.86. The van der Waals surface area contributed by atoms with Gasteiger partial charge in [0, 0.05) is 0 Å². The maximum Gasteiger partial charge on any atom is 0.209 e. The first kappa shape index (κ1) is 11.4. The van der Waals surface area contributed by atoms with Crippen molar-refractivity contribution in [2.45, 2.75) is 52.7 Å². The summed E-state index contributed by atoms with van der Waals surface area (Å²) in [6, 6.07) is 0. The molecule has 0 fully saturated rings. The molecule has 0 aromatic heterocycles. The summed E-state index contributed by atoms with van der Waals surface area (Å²) < 4.78 is 0. The quantitative estimate of drug-likeness (QED) is 0.524.